The smallest absolute Gasteiger partial charge is 0.345 e. The number of hydrogen-bond donors (Lipinski definition) is 2. The summed E-state index contributed by atoms with van der Waals surface area (Å²) in [6.07, 6.45) is 1.10. The molecule has 0 aromatic heterocycles. The molecular weight excluding hydrogens is 212 g/mol. The molecule has 0 amide bonds. The second kappa shape index (κ2) is 6.24. The van der Waals surface area contributed by atoms with Crippen molar-refractivity contribution >= 4 is 11.8 Å². The van der Waals surface area contributed by atoms with Gasteiger partial charge in [0, 0.05) is 0 Å². The highest BCUT2D eigenvalue weighted by molar-refractivity contribution is 5.83. The summed E-state index contributed by atoms with van der Waals surface area (Å²) in [7, 11) is 0. The number of aliphatic hydroxyl groups excluding tert-OH is 1. The molecule has 0 saturated carbocycles. The Bertz CT molecular complexity index is 299. The maximum absolute atomic E-state index is 10.6. The lowest BCUT2D eigenvalue weighted by molar-refractivity contribution is -0.510. The van der Waals surface area contributed by atoms with E-state index in [1.54, 1.807) is 17.6 Å². The van der Waals surface area contributed by atoms with Gasteiger partial charge in [0.2, 0.25) is 0 Å². The van der Waals surface area contributed by atoms with Gasteiger partial charge in [-0.1, -0.05) is 12.7 Å². The summed E-state index contributed by atoms with van der Waals surface area (Å²) >= 11 is 0. The molecule has 1 heterocycles. The molecule has 1 unspecified atom stereocenters. The lowest BCUT2D eigenvalue weighted by Crippen LogP contribution is -2.38. The molecule has 0 spiro atoms. The summed E-state index contributed by atoms with van der Waals surface area (Å²) in [5.74, 6) is -0.203. The van der Waals surface area contributed by atoms with Crippen molar-refractivity contribution in [1.82, 2.24) is 4.90 Å². The van der Waals surface area contributed by atoms with E-state index in [1.165, 1.54) is 0 Å². The number of amidine groups is 1. The maximum Gasteiger partial charge on any atom is 0.345 e. The molecule has 0 aromatic rings. The molecule has 1 atom stereocenters. The third-order valence-electron chi connectivity index (χ3n) is 2.34. The van der Waals surface area contributed by atoms with Gasteiger partial charge < -0.3 is 15.7 Å². The topological polar surface area (TPSA) is 93.8 Å². The monoisotopic (exact) mass is 230 g/mol. The van der Waals surface area contributed by atoms with Gasteiger partial charge in [0.1, 0.15) is 19.6 Å². The van der Waals surface area contributed by atoms with Crippen molar-refractivity contribution in [2.45, 2.75) is 13.0 Å². The largest absolute Gasteiger partial charge is 0.870 e. The van der Waals surface area contributed by atoms with E-state index >= 15 is 0 Å². The van der Waals surface area contributed by atoms with Gasteiger partial charge in [-0.25, -0.2) is 9.37 Å². The van der Waals surface area contributed by atoms with Crippen LogP contribution in [0.25, 0.3) is 0 Å². The third-order valence-corrected chi connectivity index (χ3v) is 2.34. The number of hydrogen-bond acceptors (Lipinski definition) is 4. The van der Waals surface area contributed by atoms with E-state index in [4.69, 9.17) is 5.11 Å². The van der Waals surface area contributed by atoms with Gasteiger partial charge in [0.15, 0.2) is 12.6 Å². The van der Waals surface area contributed by atoms with Crippen LogP contribution in [0.4, 0.5) is 0 Å². The minimum absolute atomic E-state index is 0. The predicted molar refractivity (Wildman–Crippen MR) is 58.0 cm³/mol. The fourth-order valence-electron chi connectivity index (χ4n) is 1.86. The number of aliphatic hydroxyl groups is 1. The van der Waals surface area contributed by atoms with Crippen molar-refractivity contribution in [3.63, 3.8) is 0 Å². The number of carboxylic acid groups (broad SMARTS) is 1. The van der Waals surface area contributed by atoms with Gasteiger partial charge in [0.05, 0.1) is 0 Å². The Morgan fingerprint density at radius 2 is 2.38 bits per heavy atom. The first-order valence-electron chi connectivity index (χ1n) is 4.93. The first-order valence-corrected chi connectivity index (χ1v) is 4.93. The Morgan fingerprint density at radius 3 is 2.81 bits per heavy atom. The van der Waals surface area contributed by atoms with E-state index in [0.29, 0.717) is 18.9 Å². The number of rotatable bonds is 5. The van der Waals surface area contributed by atoms with Crippen LogP contribution < -0.4 is 0 Å². The Hall–Kier alpha value is -1.40. The first kappa shape index (κ1) is 14.6. The summed E-state index contributed by atoms with van der Waals surface area (Å²) in [6.45, 7) is 7.23. The summed E-state index contributed by atoms with van der Waals surface area (Å²) in [6, 6.07) is 0. The van der Waals surface area contributed by atoms with Gasteiger partial charge in [-0.2, -0.15) is 0 Å². The predicted octanol–water partition coefficient (Wildman–Crippen LogP) is -0.812. The van der Waals surface area contributed by atoms with Crippen LogP contribution in [0.2, 0.25) is 0 Å². The molecule has 1 aliphatic rings. The molecule has 16 heavy (non-hydrogen) atoms. The standard InChI is InChI=1S/C10H16N2O3.H2O/c1-3-4-11-5-6-12(7-9(14)15)10(11)8(2)13;/h3,8,13H,1,4-7H2,2H3;1H2. The van der Waals surface area contributed by atoms with Crippen LogP contribution >= 0.6 is 0 Å². The van der Waals surface area contributed by atoms with E-state index in [1.807, 2.05) is 4.90 Å². The van der Waals surface area contributed by atoms with Crippen molar-refractivity contribution in [3.8, 4) is 0 Å². The fourth-order valence-corrected chi connectivity index (χ4v) is 1.86. The van der Waals surface area contributed by atoms with Crippen LogP contribution in [-0.2, 0) is 4.79 Å². The molecule has 6 nitrogen and oxygen atoms in total. The zero-order chi connectivity index (χ0) is 11.4. The highest BCUT2D eigenvalue weighted by atomic mass is 16.4. The number of aliphatic carboxylic acids is 1. The lowest BCUT2D eigenvalue weighted by Gasteiger charge is -2.13. The van der Waals surface area contributed by atoms with Crippen molar-refractivity contribution in [2.24, 2.45) is 0 Å². The van der Waals surface area contributed by atoms with Gasteiger partial charge in [0.25, 0.3) is 5.84 Å². The zero-order valence-corrected chi connectivity index (χ0v) is 9.33. The molecule has 0 fully saturated rings. The lowest BCUT2D eigenvalue weighted by atomic mass is 10.3. The highest BCUT2D eigenvalue weighted by Gasteiger charge is 2.33. The van der Waals surface area contributed by atoms with E-state index in [-0.39, 0.29) is 12.0 Å². The van der Waals surface area contributed by atoms with Crippen molar-refractivity contribution in [2.75, 3.05) is 26.2 Å². The van der Waals surface area contributed by atoms with Crippen LogP contribution in [-0.4, -0.2) is 69.3 Å². The summed E-state index contributed by atoms with van der Waals surface area (Å²) in [5, 5.41) is 18.3. The quantitative estimate of drug-likeness (QED) is 0.476. The van der Waals surface area contributed by atoms with Crippen LogP contribution in [0.15, 0.2) is 12.7 Å². The SMILES string of the molecule is C=CCN1CC[N+](CC(=O)O)=C1C(C)O.[OH-]. The van der Waals surface area contributed by atoms with Crippen molar-refractivity contribution in [1.29, 1.82) is 0 Å². The second-order valence-electron chi connectivity index (χ2n) is 3.58. The van der Waals surface area contributed by atoms with E-state index in [2.05, 4.69) is 6.58 Å². The zero-order valence-electron chi connectivity index (χ0n) is 9.33. The molecule has 0 aliphatic carbocycles. The molecule has 1 aliphatic heterocycles. The normalized spacial score (nSPS) is 17.0. The van der Waals surface area contributed by atoms with Gasteiger partial charge in [-0.3, -0.25) is 4.90 Å². The van der Waals surface area contributed by atoms with Gasteiger partial charge in [-0.05, 0) is 6.92 Å². The highest BCUT2D eigenvalue weighted by Crippen LogP contribution is 2.05. The van der Waals surface area contributed by atoms with Crippen molar-refractivity contribution in [3.05, 3.63) is 12.7 Å². The van der Waals surface area contributed by atoms with Gasteiger partial charge in [-0.15, -0.1) is 0 Å². The Morgan fingerprint density at radius 1 is 1.75 bits per heavy atom. The average Bonchev–Trinajstić information content (AvgIpc) is 2.47. The summed E-state index contributed by atoms with van der Waals surface area (Å²) in [4.78, 5) is 12.6. The minimum atomic E-state index is -0.881. The van der Waals surface area contributed by atoms with Crippen LogP contribution in [0, 0.1) is 0 Å². The van der Waals surface area contributed by atoms with E-state index < -0.39 is 12.1 Å². The minimum Gasteiger partial charge on any atom is -0.870 e. The fraction of sp³-hybridized carbons (Fsp3) is 0.600. The Kier molecular flexibility index (Phi) is 5.69. The van der Waals surface area contributed by atoms with Gasteiger partial charge >= 0.3 is 5.97 Å². The number of carboxylic acids is 1. The summed E-state index contributed by atoms with van der Waals surface area (Å²) < 4.78 is 1.69. The number of carbonyl (C=O) groups is 1. The Balaban J connectivity index is 0.00000225. The third kappa shape index (κ3) is 3.32. The maximum atomic E-state index is 10.6. The number of nitrogens with zero attached hydrogens (tertiary/aromatic N) is 2. The average molecular weight is 230 g/mol. The first-order chi connectivity index (χ1) is 7.06. The molecule has 3 N–H and O–H groups in total. The molecular formula is C10H18N2O4. The van der Waals surface area contributed by atoms with E-state index in [9.17, 15) is 9.90 Å². The molecule has 0 aromatic carbocycles. The molecule has 0 radical (unpaired) electrons. The molecule has 0 saturated heterocycles. The Labute approximate surface area is 94.4 Å². The van der Waals surface area contributed by atoms with Crippen LogP contribution in [0.1, 0.15) is 6.92 Å². The second-order valence-corrected chi connectivity index (χ2v) is 3.58. The summed E-state index contributed by atoms with van der Waals surface area (Å²) in [5.41, 5.74) is 0. The molecule has 92 valence electrons. The van der Waals surface area contributed by atoms with E-state index in [0.717, 1.165) is 6.54 Å². The van der Waals surface area contributed by atoms with Crippen molar-refractivity contribution < 1.29 is 25.1 Å². The molecule has 0 bridgehead atoms. The van der Waals surface area contributed by atoms with Crippen LogP contribution in [0.5, 0.6) is 0 Å². The molecule has 1 rings (SSSR count). The van der Waals surface area contributed by atoms with Crippen LogP contribution in [0.3, 0.4) is 0 Å². The molecule has 6 heteroatoms.